The second-order valence-corrected chi connectivity index (χ2v) is 9.20. The first-order valence-electron chi connectivity index (χ1n) is 12.1. The highest BCUT2D eigenvalue weighted by Gasteiger charge is 2.22. The Labute approximate surface area is 205 Å². The summed E-state index contributed by atoms with van der Waals surface area (Å²) in [5, 5.41) is 9.16. The Kier molecular flexibility index (Phi) is 7.06. The molecule has 0 unspecified atom stereocenters. The highest BCUT2D eigenvalue weighted by atomic mass is 16.5. The molecule has 2 saturated heterocycles. The number of morpholine rings is 1. The van der Waals surface area contributed by atoms with Crippen LogP contribution in [-0.2, 0) is 11.3 Å². The molecule has 8 nitrogen and oxygen atoms in total. The Morgan fingerprint density at radius 3 is 2.29 bits per heavy atom. The first kappa shape index (κ1) is 23.4. The molecule has 182 valence electrons. The van der Waals surface area contributed by atoms with Gasteiger partial charge in [0.15, 0.2) is 0 Å². The second-order valence-electron chi connectivity index (χ2n) is 9.20. The molecule has 0 saturated carbocycles. The molecule has 4 N–H and O–H groups in total. The van der Waals surface area contributed by atoms with E-state index >= 15 is 0 Å². The van der Waals surface area contributed by atoms with Gasteiger partial charge in [0.05, 0.1) is 18.9 Å². The van der Waals surface area contributed by atoms with E-state index in [0.29, 0.717) is 23.6 Å². The summed E-state index contributed by atoms with van der Waals surface area (Å²) in [5.74, 6) is 0.126. The minimum Gasteiger partial charge on any atom is -0.379 e. The number of pyridine rings is 1. The molecule has 2 fully saturated rings. The summed E-state index contributed by atoms with van der Waals surface area (Å²) in [7, 11) is 0. The Balaban J connectivity index is 1.35. The average Bonchev–Trinajstić information content (AvgIpc) is 3.35. The van der Waals surface area contributed by atoms with E-state index in [1.807, 2.05) is 12.1 Å². The molecule has 1 aromatic heterocycles. The van der Waals surface area contributed by atoms with Crippen LogP contribution in [0.1, 0.15) is 22.3 Å². The Bertz CT molecular complexity index is 1160. The van der Waals surface area contributed by atoms with Crippen LogP contribution in [0.4, 0.5) is 5.82 Å². The molecule has 2 aliphatic rings. The van der Waals surface area contributed by atoms with Crippen molar-refractivity contribution in [3.63, 3.8) is 0 Å². The van der Waals surface area contributed by atoms with Gasteiger partial charge in [-0.25, -0.2) is 10.5 Å². The Morgan fingerprint density at radius 2 is 1.66 bits per heavy atom. The number of aromatic nitrogens is 1. The van der Waals surface area contributed by atoms with Crippen molar-refractivity contribution < 1.29 is 14.7 Å². The average molecular weight is 474 g/mol. The quantitative estimate of drug-likeness (QED) is 0.374. The number of nitrogens with one attached hydrogen (secondary N) is 1. The third-order valence-corrected chi connectivity index (χ3v) is 6.70. The van der Waals surface area contributed by atoms with Gasteiger partial charge in [0.2, 0.25) is 0 Å². The maximum Gasteiger partial charge on any atom is 0.274 e. The zero-order valence-electron chi connectivity index (χ0n) is 19.7. The van der Waals surface area contributed by atoms with E-state index in [4.69, 9.17) is 20.7 Å². The molecule has 3 aromatic rings. The van der Waals surface area contributed by atoms with E-state index in [2.05, 4.69) is 46.2 Å². The van der Waals surface area contributed by atoms with Crippen LogP contribution in [0, 0.1) is 0 Å². The first-order chi connectivity index (χ1) is 17.1. The van der Waals surface area contributed by atoms with Gasteiger partial charge in [-0.3, -0.25) is 14.9 Å². The zero-order valence-corrected chi connectivity index (χ0v) is 19.7. The van der Waals surface area contributed by atoms with Crippen LogP contribution in [0.2, 0.25) is 0 Å². The predicted molar refractivity (Wildman–Crippen MR) is 135 cm³/mol. The summed E-state index contributed by atoms with van der Waals surface area (Å²) in [6.45, 7) is 5.99. The zero-order chi connectivity index (χ0) is 24.2. The normalized spacial score (nSPS) is 18.6. The van der Waals surface area contributed by atoms with Crippen molar-refractivity contribution in [1.82, 2.24) is 15.4 Å². The number of hydroxylamine groups is 1. The van der Waals surface area contributed by atoms with Crippen LogP contribution in [0.15, 0.2) is 60.7 Å². The van der Waals surface area contributed by atoms with Crippen LogP contribution in [0.25, 0.3) is 22.4 Å². The van der Waals surface area contributed by atoms with Crippen molar-refractivity contribution in [2.45, 2.75) is 19.0 Å². The molecule has 5 rings (SSSR count). The van der Waals surface area contributed by atoms with Crippen LogP contribution in [-0.4, -0.2) is 66.4 Å². The summed E-state index contributed by atoms with van der Waals surface area (Å²) < 4.78 is 5.43. The van der Waals surface area contributed by atoms with Gasteiger partial charge in [-0.05, 0) is 35.2 Å². The van der Waals surface area contributed by atoms with Gasteiger partial charge in [0.1, 0.15) is 5.82 Å². The Hall–Kier alpha value is -3.30. The van der Waals surface area contributed by atoms with E-state index in [-0.39, 0.29) is 6.04 Å². The van der Waals surface area contributed by atoms with E-state index in [9.17, 15) is 4.79 Å². The van der Waals surface area contributed by atoms with Crippen molar-refractivity contribution in [2.75, 3.05) is 44.3 Å². The molecule has 8 heteroatoms. The molecule has 2 aromatic carbocycles. The molecule has 1 amide bonds. The summed E-state index contributed by atoms with van der Waals surface area (Å²) in [5.41, 5.74) is 13.3. The molecule has 0 aliphatic carbocycles. The van der Waals surface area contributed by atoms with Gasteiger partial charge in [0.25, 0.3) is 5.91 Å². The van der Waals surface area contributed by atoms with Crippen LogP contribution >= 0.6 is 0 Å². The fraction of sp³-hybridized carbons (Fsp3) is 0.333. The molecular weight excluding hydrogens is 442 g/mol. The number of carbonyl (C=O) groups excluding carboxylic acids is 1. The number of benzene rings is 2. The lowest BCUT2D eigenvalue weighted by molar-refractivity contribution is 0.0342. The summed E-state index contributed by atoms with van der Waals surface area (Å²) in [6.07, 6.45) is 0.882. The van der Waals surface area contributed by atoms with E-state index in [0.717, 1.165) is 62.5 Å². The number of ether oxygens (including phenoxy) is 1. The first-order valence-corrected chi connectivity index (χ1v) is 12.1. The van der Waals surface area contributed by atoms with Crippen molar-refractivity contribution in [2.24, 2.45) is 5.73 Å². The number of carbonyl (C=O) groups is 1. The summed E-state index contributed by atoms with van der Waals surface area (Å²) in [4.78, 5) is 21.5. The number of anilines is 1. The lowest BCUT2D eigenvalue weighted by Crippen LogP contribution is -2.35. The van der Waals surface area contributed by atoms with E-state index < -0.39 is 5.91 Å². The predicted octanol–water partition coefficient (Wildman–Crippen LogP) is 2.90. The fourth-order valence-electron chi connectivity index (χ4n) is 4.67. The van der Waals surface area contributed by atoms with Crippen molar-refractivity contribution in [3.8, 4) is 22.4 Å². The number of hydrogen-bond donors (Lipinski definition) is 3. The van der Waals surface area contributed by atoms with Crippen molar-refractivity contribution in [3.05, 3.63) is 71.8 Å². The smallest absolute Gasteiger partial charge is 0.274 e. The third kappa shape index (κ3) is 5.52. The molecule has 0 spiro atoms. The highest BCUT2D eigenvalue weighted by Crippen LogP contribution is 2.28. The molecule has 3 heterocycles. The van der Waals surface area contributed by atoms with Gasteiger partial charge in [-0.15, -0.1) is 0 Å². The summed E-state index contributed by atoms with van der Waals surface area (Å²) in [6, 6.07) is 20.3. The Morgan fingerprint density at radius 1 is 1.00 bits per heavy atom. The third-order valence-electron chi connectivity index (χ3n) is 6.70. The van der Waals surface area contributed by atoms with Crippen molar-refractivity contribution in [1.29, 1.82) is 0 Å². The number of rotatable bonds is 6. The minimum absolute atomic E-state index is 0.0927. The summed E-state index contributed by atoms with van der Waals surface area (Å²) >= 11 is 0. The van der Waals surface area contributed by atoms with E-state index in [1.165, 1.54) is 5.56 Å². The topological polar surface area (TPSA) is 104 Å². The number of amides is 1. The largest absolute Gasteiger partial charge is 0.379 e. The van der Waals surface area contributed by atoms with E-state index in [1.54, 1.807) is 17.6 Å². The highest BCUT2D eigenvalue weighted by molar-refractivity contribution is 5.95. The van der Waals surface area contributed by atoms with Gasteiger partial charge < -0.3 is 15.4 Å². The molecule has 0 bridgehead atoms. The van der Waals surface area contributed by atoms with Gasteiger partial charge in [-0.2, -0.15) is 0 Å². The molecule has 1 atom stereocenters. The van der Waals surface area contributed by atoms with Crippen LogP contribution < -0.4 is 16.1 Å². The minimum atomic E-state index is -0.563. The molecule has 0 radical (unpaired) electrons. The number of nitrogens with two attached hydrogens (primary N) is 1. The van der Waals surface area contributed by atoms with Gasteiger partial charge >= 0.3 is 0 Å². The molecule has 2 aliphatic heterocycles. The molecular formula is C27H31N5O3. The van der Waals surface area contributed by atoms with Gasteiger partial charge in [-0.1, -0.05) is 48.5 Å². The van der Waals surface area contributed by atoms with Gasteiger partial charge in [0, 0.05) is 49.9 Å². The SMILES string of the molecule is N[C@@H]1CCN(c2cc(C(=O)NO)cc(-c3ccc(-c4ccc(CN5CCOCC5)cc4)cc3)n2)C1. The van der Waals surface area contributed by atoms with Crippen molar-refractivity contribution >= 4 is 11.7 Å². The standard InChI is InChI=1S/C27H31N5O3/c28-24-9-10-32(18-24)26-16-23(27(33)30-34)15-25(29-26)22-7-5-21(6-8-22)20-3-1-19(2-4-20)17-31-11-13-35-14-12-31/h1-8,15-16,24,34H,9-14,17-18,28H2,(H,30,33)/t24-/m1/s1. The van der Waals surface area contributed by atoms with Crippen LogP contribution in [0.5, 0.6) is 0 Å². The number of nitrogens with zero attached hydrogens (tertiary/aromatic N) is 3. The number of hydrogen-bond acceptors (Lipinski definition) is 7. The second kappa shape index (κ2) is 10.5. The maximum absolute atomic E-state index is 12.2. The lowest BCUT2D eigenvalue weighted by atomic mass is 10.0. The maximum atomic E-state index is 12.2. The lowest BCUT2D eigenvalue weighted by Gasteiger charge is -2.26. The van der Waals surface area contributed by atoms with Crippen LogP contribution in [0.3, 0.4) is 0 Å². The monoisotopic (exact) mass is 473 g/mol. The fourth-order valence-corrected chi connectivity index (χ4v) is 4.67. The molecule has 35 heavy (non-hydrogen) atoms.